The summed E-state index contributed by atoms with van der Waals surface area (Å²) in [5, 5.41) is 0. The average molecular weight is 339 g/mol. The van der Waals surface area contributed by atoms with E-state index in [-0.39, 0.29) is 10.8 Å². The maximum Gasteiger partial charge on any atom is 0.253 e. The topological polar surface area (TPSA) is 69.7 Å². The maximum atomic E-state index is 12.5. The lowest BCUT2D eigenvalue weighted by molar-refractivity contribution is 0.0623. The molecule has 0 saturated carbocycles. The normalized spacial score (nSPS) is 16.8. The number of rotatable bonds is 5. The fraction of sp³-hybridized carbons (Fsp3) is 0.562. The van der Waals surface area contributed by atoms with E-state index in [1.165, 1.54) is 19.2 Å². The lowest BCUT2D eigenvalue weighted by Gasteiger charge is -2.35. The zero-order valence-electron chi connectivity index (χ0n) is 13.9. The molecule has 1 N–H and O–H groups in total. The molecule has 0 aromatic heterocycles. The van der Waals surface area contributed by atoms with Crippen LogP contribution in [0.4, 0.5) is 0 Å². The molecule has 1 aromatic rings. The van der Waals surface area contributed by atoms with E-state index in [0.717, 1.165) is 19.6 Å². The van der Waals surface area contributed by atoms with E-state index in [4.69, 9.17) is 0 Å². The molecule has 2 rings (SSSR count). The Hall–Kier alpha value is -1.44. The number of nitrogens with one attached hydrogen (secondary N) is 1. The second-order valence-electron chi connectivity index (χ2n) is 6.22. The minimum absolute atomic E-state index is 0.0393. The second kappa shape index (κ2) is 7.42. The summed E-state index contributed by atoms with van der Waals surface area (Å²) < 4.78 is 25.7. The van der Waals surface area contributed by atoms with Crippen LogP contribution in [0.15, 0.2) is 29.2 Å². The molecule has 1 aliphatic rings. The fourth-order valence-electron chi connectivity index (χ4n) is 2.73. The van der Waals surface area contributed by atoms with Crippen LogP contribution in [0.1, 0.15) is 24.2 Å². The first-order valence-corrected chi connectivity index (χ1v) is 9.37. The van der Waals surface area contributed by atoms with Crippen molar-refractivity contribution in [3.63, 3.8) is 0 Å². The van der Waals surface area contributed by atoms with Crippen LogP contribution in [-0.4, -0.2) is 63.9 Å². The smallest absolute Gasteiger partial charge is 0.253 e. The van der Waals surface area contributed by atoms with E-state index in [9.17, 15) is 13.2 Å². The molecular weight excluding hydrogens is 314 g/mol. The number of piperazine rings is 1. The molecule has 7 heteroatoms. The zero-order valence-corrected chi connectivity index (χ0v) is 14.8. The average Bonchev–Trinajstić information content (AvgIpc) is 2.54. The van der Waals surface area contributed by atoms with E-state index in [1.807, 2.05) is 4.90 Å². The van der Waals surface area contributed by atoms with Crippen molar-refractivity contribution in [1.29, 1.82) is 0 Å². The first-order chi connectivity index (χ1) is 10.8. The van der Waals surface area contributed by atoms with Crippen molar-refractivity contribution in [2.75, 3.05) is 39.8 Å². The molecule has 1 saturated heterocycles. The Morgan fingerprint density at radius 1 is 1.13 bits per heavy atom. The van der Waals surface area contributed by atoms with Crippen LogP contribution in [0.3, 0.4) is 0 Å². The number of hydrogen-bond donors (Lipinski definition) is 1. The Morgan fingerprint density at radius 2 is 1.70 bits per heavy atom. The number of carbonyl (C=O) groups excluding carboxylic acids is 1. The molecule has 1 aromatic carbocycles. The Bertz CT molecular complexity index is 633. The van der Waals surface area contributed by atoms with E-state index < -0.39 is 10.0 Å². The molecule has 0 bridgehead atoms. The monoisotopic (exact) mass is 339 g/mol. The first-order valence-electron chi connectivity index (χ1n) is 7.88. The third-order valence-electron chi connectivity index (χ3n) is 3.96. The van der Waals surface area contributed by atoms with E-state index in [2.05, 4.69) is 23.5 Å². The van der Waals surface area contributed by atoms with E-state index in [1.54, 1.807) is 12.1 Å². The molecule has 1 fully saturated rings. The third-order valence-corrected chi connectivity index (χ3v) is 5.39. The van der Waals surface area contributed by atoms with Crippen LogP contribution >= 0.6 is 0 Å². The van der Waals surface area contributed by atoms with Gasteiger partial charge >= 0.3 is 0 Å². The van der Waals surface area contributed by atoms with E-state index >= 15 is 0 Å². The quantitative estimate of drug-likeness (QED) is 0.869. The van der Waals surface area contributed by atoms with Gasteiger partial charge in [0.2, 0.25) is 10.0 Å². The van der Waals surface area contributed by atoms with Gasteiger partial charge in [-0.25, -0.2) is 13.1 Å². The van der Waals surface area contributed by atoms with Crippen molar-refractivity contribution in [2.45, 2.75) is 18.7 Å². The van der Waals surface area contributed by atoms with Crippen LogP contribution < -0.4 is 4.72 Å². The van der Waals surface area contributed by atoms with Gasteiger partial charge < -0.3 is 4.90 Å². The Labute approximate surface area is 138 Å². The third kappa shape index (κ3) is 4.53. The van der Waals surface area contributed by atoms with Gasteiger partial charge in [-0.3, -0.25) is 9.69 Å². The highest BCUT2D eigenvalue weighted by atomic mass is 32.2. The van der Waals surface area contributed by atoms with Gasteiger partial charge in [0.15, 0.2) is 0 Å². The molecule has 0 atom stereocenters. The van der Waals surface area contributed by atoms with Gasteiger partial charge in [0.25, 0.3) is 5.91 Å². The summed E-state index contributed by atoms with van der Waals surface area (Å²) in [6.07, 6.45) is 0. The summed E-state index contributed by atoms with van der Waals surface area (Å²) in [6, 6.07) is 6.09. The summed E-state index contributed by atoms with van der Waals surface area (Å²) in [5.41, 5.74) is 0.525. The van der Waals surface area contributed by atoms with Crippen molar-refractivity contribution < 1.29 is 13.2 Å². The van der Waals surface area contributed by atoms with Gasteiger partial charge in [-0.1, -0.05) is 13.8 Å². The summed E-state index contributed by atoms with van der Waals surface area (Å²) >= 11 is 0. The molecule has 1 heterocycles. The van der Waals surface area contributed by atoms with Crippen LogP contribution in [0.5, 0.6) is 0 Å². The maximum absolute atomic E-state index is 12.5. The Morgan fingerprint density at radius 3 is 2.17 bits per heavy atom. The van der Waals surface area contributed by atoms with Gasteiger partial charge in [-0.15, -0.1) is 0 Å². The molecule has 6 nitrogen and oxygen atoms in total. The number of hydrogen-bond acceptors (Lipinski definition) is 4. The summed E-state index contributed by atoms with van der Waals surface area (Å²) in [5.74, 6) is 0.585. The molecule has 0 aliphatic carbocycles. The first kappa shape index (κ1) is 17.9. The summed E-state index contributed by atoms with van der Waals surface area (Å²) in [4.78, 5) is 16.9. The lowest BCUT2D eigenvalue weighted by atomic mass is 10.1. The van der Waals surface area contributed by atoms with Gasteiger partial charge in [0.05, 0.1) is 4.90 Å². The second-order valence-corrected chi connectivity index (χ2v) is 8.11. The Kier molecular flexibility index (Phi) is 5.78. The van der Waals surface area contributed by atoms with Gasteiger partial charge in [0, 0.05) is 38.3 Å². The molecule has 1 amide bonds. The standard InChI is InChI=1S/C16H25N3O3S/c1-13(2)12-18-8-10-19(11-9-18)16(20)14-4-6-15(7-5-14)23(21,22)17-3/h4-7,13,17H,8-12H2,1-3H3. The van der Waals surface area contributed by atoms with Crippen molar-refractivity contribution in [1.82, 2.24) is 14.5 Å². The van der Waals surface area contributed by atoms with Crippen molar-refractivity contribution in [3.05, 3.63) is 29.8 Å². The number of carbonyl (C=O) groups is 1. The molecule has 0 spiro atoms. The molecular formula is C16H25N3O3S. The zero-order chi connectivity index (χ0) is 17.0. The van der Waals surface area contributed by atoms with Crippen molar-refractivity contribution in [2.24, 2.45) is 5.92 Å². The van der Waals surface area contributed by atoms with Crippen LogP contribution in [0, 0.1) is 5.92 Å². The van der Waals surface area contributed by atoms with Crippen LogP contribution in [-0.2, 0) is 10.0 Å². The minimum Gasteiger partial charge on any atom is -0.336 e. The molecule has 0 unspecified atom stereocenters. The van der Waals surface area contributed by atoms with Gasteiger partial charge in [-0.05, 0) is 37.2 Å². The van der Waals surface area contributed by atoms with Crippen molar-refractivity contribution in [3.8, 4) is 0 Å². The molecule has 23 heavy (non-hydrogen) atoms. The molecule has 1 aliphatic heterocycles. The van der Waals surface area contributed by atoms with Crippen molar-refractivity contribution >= 4 is 15.9 Å². The molecule has 128 valence electrons. The number of amides is 1. The van der Waals surface area contributed by atoms with Gasteiger partial charge in [0.1, 0.15) is 0 Å². The highest BCUT2D eigenvalue weighted by Gasteiger charge is 2.22. The highest BCUT2D eigenvalue weighted by molar-refractivity contribution is 7.89. The fourth-order valence-corrected chi connectivity index (χ4v) is 3.46. The largest absolute Gasteiger partial charge is 0.336 e. The Balaban J connectivity index is 1.99. The summed E-state index contributed by atoms with van der Waals surface area (Å²) in [7, 11) is -2.10. The predicted octanol–water partition coefficient (Wildman–Crippen LogP) is 1.01. The number of nitrogens with zero attached hydrogens (tertiary/aromatic N) is 2. The minimum atomic E-state index is -3.47. The van der Waals surface area contributed by atoms with Crippen LogP contribution in [0.25, 0.3) is 0 Å². The summed E-state index contributed by atoms with van der Waals surface area (Å²) in [6.45, 7) is 8.63. The van der Waals surface area contributed by atoms with E-state index in [0.29, 0.717) is 24.6 Å². The molecule has 0 radical (unpaired) electrons. The highest BCUT2D eigenvalue weighted by Crippen LogP contribution is 2.14. The van der Waals surface area contributed by atoms with Gasteiger partial charge in [-0.2, -0.15) is 0 Å². The lowest BCUT2D eigenvalue weighted by Crippen LogP contribution is -2.49. The number of sulfonamides is 1. The van der Waals surface area contributed by atoms with Crippen LogP contribution in [0.2, 0.25) is 0 Å². The number of benzene rings is 1. The predicted molar refractivity (Wildman–Crippen MR) is 89.9 cm³/mol. The SMILES string of the molecule is CNS(=O)(=O)c1ccc(C(=O)N2CCN(CC(C)C)CC2)cc1.